The molecule has 0 atom stereocenters. The van der Waals surface area contributed by atoms with E-state index in [0.717, 1.165) is 30.3 Å². The van der Waals surface area contributed by atoms with E-state index in [1.165, 1.54) is 11.1 Å². The van der Waals surface area contributed by atoms with E-state index in [1.807, 2.05) is 18.2 Å². The van der Waals surface area contributed by atoms with Gasteiger partial charge < -0.3 is 16.0 Å². The molecule has 0 radical (unpaired) electrons. The van der Waals surface area contributed by atoms with Gasteiger partial charge in [-0.1, -0.05) is 12.1 Å². The van der Waals surface area contributed by atoms with E-state index in [2.05, 4.69) is 22.9 Å². The summed E-state index contributed by atoms with van der Waals surface area (Å²) in [6, 6.07) is 6.11. The molecule has 1 heterocycles. The molecule has 0 aromatic heterocycles. The van der Waals surface area contributed by atoms with Gasteiger partial charge in [0.1, 0.15) is 0 Å². The normalized spacial score (nSPS) is 14.0. The molecule has 3 nitrogen and oxygen atoms in total. The van der Waals surface area contributed by atoms with Gasteiger partial charge in [0.25, 0.3) is 0 Å². The van der Waals surface area contributed by atoms with Crippen molar-refractivity contribution < 1.29 is 0 Å². The van der Waals surface area contributed by atoms with Crippen LogP contribution in [0.5, 0.6) is 0 Å². The summed E-state index contributed by atoms with van der Waals surface area (Å²) in [6.45, 7) is 6.17. The van der Waals surface area contributed by atoms with Crippen molar-refractivity contribution in [1.82, 2.24) is 10.2 Å². The number of hydrogen-bond acceptors (Lipinski definition) is 2. The van der Waals surface area contributed by atoms with Crippen LogP contribution >= 0.6 is 12.2 Å². The van der Waals surface area contributed by atoms with Crippen LogP contribution in [0.4, 0.5) is 5.69 Å². The Balaban J connectivity index is 2.07. The summed E-state index contributed by atoms with van der Waals surface area (Å²) in [6.07, 6.45) is 2.83. The smallest absolute Gasteiger partial charge is 0.169 e. The molecule has 0 bridgehead atoms. The molecule has 90 valence electrons. The summed E-state index contributed by atoms with van der Waals surface area (Å²) < 4.78 is 0. The average molecular weight is 247 g/mol. The van der Waals surface area contributed by atoms with E-state index >= 15 is 0 Å². The summed E-state index contributed by atoms with van der Waals surface area (Å²) in [7, 11) is 0. The number of fused-ring (bicyclic) bond motifs is 1. The van der Waals surface area contributed by atoms with E-state index in [9.17, 15) is 0 Å². The van der Waals surface area contributed by atoms with Gasteiger partial charge in [-0.05, 0) is 41.9 Å². The van der Waals surface area contributed by atoms with Crippen LogP contribution < -0.4 is 11.1 Å². The maximum Gasteiger partial charge on any atom is 0.169 e. The average Bonchev–Trinajstić information content (AvgIpc) is 2.35. The second-order valence-electron chi connectivity index (χ2n) is 4.17. The van der Waals surface area contributed by atoms with Crippen molar-refractivity contribution in [1.29, 1.82) is 0 Å². The highest BCUT2D eigenvalue weighted by Gasteiger charge is 2.17. The highest BCUT2D eigenvalue weighted by atomic mass is 32.1. The van der Waals surface area contributed by atoms with Crippen molar-refractivity contribution in [2.45, 2.75) is 13.0 Å². The van der Waals surface area contributed by atoms with Crippen molar-refractivity contribution in [2.24, 2.45) is 0 Å². The monoisotopic (exact) mass is 247 g/mol. The minimum atomic E-state index is 0.707. The Kier molecular flexibility index (Phi) is 3.64. The number of nitrogens with two attached hydrogens (primary N) is 1. The highest BCUT2D eigenvalue weighted by molar-refractivity contribution is 7.80. The van der Waals surface area contributed by atoms with Crippen LogP contribution in [0, 0.1) is 0 Å². The minimum Gasteiger partial charge on any atom is -0.399 e. The standard InChI is InChI=1S/C13H17N3S/c1-2-6-15-13(17)16-7-5-10-3-4-12(14)8-11(10)9-16/h2-4,8H,1,5-7,9,14H2,(H,15,17). The Hall–Kier alpha value is -1.55. The van der Waals surface area contributed by atoms with E-state index in [0.29, 0.717) is 6.54 Å². The molecule has 1 aromatic rings. The van der Waals surface area contributed by atoms with E-state index < -0.39 is 0 Å². The molecule has 3 N–H and O–H groups in total. The third-order valence-corrected chi connectivity index (χ3v) is 3.33. The van der Waals surface area contributed by atoms with Crippen molar-refractivity contribution >= 4 is 23.0 Å². The molecule has 1 aromatic carbocycles. The lowest BCUT2D eigenvalue weighted by Crippen LogP contribution is -2.42. The molecule has 0 saturated heterocycles. The first-order chi connectivity index (χ1) is 8.20. The topological polar surface area (TPSA) is 41.3 Å². The maximum absolute atomic E-state index is 5.80. The van der Waals surface area contributed by atoms with Crippen LogP contribution in [-0.2, 0) is 13.0 Å². The van der Waals surface area contributed by atoms with Crippen LogP contribution in [0.15, 0.2) is 30.9 Å². The van der Waals surface area contributed by atoms with Crippen LogP contribution in [0.2, 0.25) is 0 Å². The number of thiocarbonyl (C=S) groups is 1. The number of hydrogen-bond donors (Lipinski definition) is 2. The van der Waals surface area contributed by atoms with Crippen molar-refractivity contribution in [2.75, 3.05) is 18.8 Å². The summed E-state index contributed by atoms with van der Waals surface area (Å²) in [5.74, 6) is 0. The molecule has 0 amide bonds. The summed E-state index contributed by atoms with van der Waals surface area (Å²) in [5.41, 5.74) is 9.27. The van der Waals surface area contributed by atoms with Gasteiger partial charge in [-0.25, -0.2) is 0 Å². The molecule has 0 aliphatic carbocycles. The van der Waals surface area contributed by atoms with Crippen LogP contribution in [0.1, 0.15) is 11.1 Å². The molecular formula is C13H17N3S. The second kappa shape index (κ2) is 5.19. The van der Waals surface area contributed by atoms with Crippen LogP contribution in [0.3, 0.4) is 0 Å². The zero-order valence-corrected chi connectivity index (χ0v) is 10.6. The highest BCUT2D eigenvalue weighted by Crippen LogP contribution is 2.21. The lowest BCUT2D eigenvalue weighted by Gasteiger charge is -2.31. The van der Waals surface area contributed by atoms with E-state index in [-0.39, 0.29) is 0 Å². The van der Waals surface area contributed by atoms with Crippen molar-refractivity contribution in [3.63, 3.8) is 0 Å². The zero-order valence-electron chi connectivity index (χ0n) is 9.78. The molecule has 0 saturated carbocycles. The molecule has 0 spiro atoms. The summed E-state index contributed by atoms with van der Waals surface area (Å²) >= 11 is 5.34. The summed E-state index contributed by atoms with van der Waals surface area (Å²) in [5, 5.41) is 3.95. The van der Waals surface area contributed by atoms with Gasteiger partial charge in [0.15, 0.2) is 5.11 Å². The van der Waals surface area contributed by atoms with E-state index in [4.69, 9.17) is 18.0 Å². The van der Waals surface area contributed by atoms with Crippen LogP contribution in [0.25, 0.3) is 0 Å². The number of nitrogens with zero attached hydrogens (tertiary/aromatic N) is 1. The first-order valence-corrected chi connectivity index (χ1v) is 6.12. The molecule has 0 fully saturated rings. The molecule has 2 rings (SSSR count). The fraction of sp³-hybridized carbons (Fsp3) is 0.308. The predicted octanol–water partition coefficient (Wildman–Crippen LogP) is 1.69. The Bertz CT molecular complexity index is 442. The minimum absolute atomic E-state index is 0.707. The fourth-order valence-corrected chi connectivity index (χ4v) is 2.26. The van der Waals surface area contributed by atoms with Crippen molar-refractivity contribution in [3.05, 3.63) is 42.0 Å². The lowest BCUT2D eigenvalue weighted by atomic mass is 9.99. The first-order valence-electron chi connectivity index (χ1n) is 5.71. The largest absolute Gasteiger partial charge is 0.399 e. The van der Waals surface area contributed by atoms with Gasteiger partial charge in [-0.15, -0.1) is 6.58 Å². The maximum atomic E-state index is 5.80. The van der Waals surface area contributed by atoms with Gasteiger partial charge in [-0.2, -0.15) is 0 Å². The number of rotatable bonds is 2. The predicted molar refractivity (Wildman–Crippen MR) is 75.8 cm³/mol. The fourth-order valence-electron chi connectivity index (χ4n) is 2.02. The first kappa shape index (κ1) is 11.9. The zero-order chi connectivity index (χ0) is 12.3. The van der Waals surface area contributed by atoms with Gasteiger partial charge in [0.05, 0.1) is 0 Å². The molecule has 1 aliphatic rings. The van der Waals surface area contributed by atoms with Crippen LogP contribution in [-0.4, -0.2) is 23.1 Å². The Morgan fingerprint density at radius 3 is 3.12 bits per heavy atom. The molecule has 4 heteroatoms. The number of benzene rings is 1. The number of anilines is 1. The van der Waals surface area contributed by atoms with E-state index in [1.54, 1.807) is 0 Å². The Morgan fingerprint density at radius 2 is 2.35 bits per heavy atom. The van der Waals surface area contributed by atoms with Gasteiger partial charge in [-0.3, -0.25) is 0 Å². The number of nitrogens with one attached hydrogen (secondary N) is 1. The third-order valence-electron chi connectivity index (χ3n) is 2.93. The Labute approximate surface area is 107 Å². The third kappa shape index (κ3) is 2.77. The van der Waals surface area contributed by atoms with Gasteiger partial charge in [0, 0.05) is 25.3 Å². The lowest BCUT2D eigenvalue weighted by molar-refractivity contribution is 0.389. The molecular weight excluding hydrogens is 230 g/mol. The molecule has 1 aliphatic heterocycles. The van der Waals surface area contributed by atoms with Gasteiger partial charge in [0.2, 0.25) is 0 Å². The molecule has 17 heavy (non-hydrogen) atoms. The van der Waals surface area contributed by atoms with Crippen molar-refractivity contribution in [3.8, 4) is 0 Å². The Morgan fingerprint density at radius 1 is 1.53 bits per heavy atom. The SMILES string of the molecule is C=CCNC(=S)N1CCc2ccc(N)cc2C1. The number of nitrogen functional groups attached to an aromatic ring is 1. The second-order valence-corrected chi connectivity index (χ2v) is 4.56. The summed E-state index contributed by atoms with van der Waals surface area (Å²) in [4.78, 5) is 2.17. The molecule has 0 unspecified atom stereocenters. The van der Waals surface area contributed by atoms with Gasteiger partial charge >= 0.3 is 0 Å². The quantitative estimate of drug-likeness (QED) is 0.474.